The maximum Gasteiger partial charge on any atom is 0.309 e. The first-order chi connectivity index (χ1) is 10.1. The Morgan fingerprint density at radius 1 is 1.38 bits per heavy atom. The molecule has 5 heteroatoms. The van der Waals surface area contributed by atoms with E-state index in [0.717, 1.165) is 5.56 Å². The Labute approximate surface area is 124 Å². The van der Waals surface area contributed by atoms with E-state index in [9.17, 15) is 9.90 Å². The molecule has 5 nitrogen and oxygen atoms in total. The zero-order valence-corrected chi connectivity index (χ0v) is 12.4. The molecule has 1 aromatic rings. The highest BCUT2D eigenvalue weighted by atomic mass is 16.7. The normalized spacial score (nSPS) is 18.5. The van der Waals surface area contributed by atoms with Gasteiger partial charge in [0.05, 0.1) is 18.7 Å². The minimum absolute atomic E-state index is 0.228. The Balaban J connectivity index is 1.92. The molecule has 2 rings (SSSR count). The maximum absolute atomic E-state index is 12.1. The van der Waals surface area contributed by atoms with Crippen LogP contribution in [-0.2, 0) is 21.0 Å². The van der Waals surface area contributed by atoms with E-state index in [4.69, 9.17) is 9.57 Å². The van der Waals surface area contributed by atoms with Crippen molar-refractivity contribution in [2.75, 3.05) is 14.2 Å². The second-order valence-electron chi connectivity index (χ2n) is 5.11. The molecule has 1 atom stereocenters. The van der Waals surface area contributed by atoms with Crippen molar-refractivity contribution < 1.29 is 19.5 Å². The largest absolute Gasteiger partial charge is 0.510 e. The molecule has 0 saturated carbocycles. The van der Waals surface area contributed by atoms with Gasteiger partial charge in [-0.3, -0.25) is 14.7 Å². The Hall–Kier alpha value is -2.01. The number of rotatable bonds is 5. The number of aliphatic hydroxyl groups excluding tert-OH is 1. The topological polar surface area (TPSA) is 59.0 Å². The average molecular weight is 291 g/mol. The minimum Gasteiger partial charge on any atom is -0.510 e. The summed E-state index contributed by atoms with van der Waals surface area (Å²) >= 11 is 0. The summed E-state index contributed by atoms with van der Waals surface area (Å²) in [6.07, 6.45) is 1.50. The van der Waals surface area contributed by atoms with Crippen molar-refractivity contribution in [1.29, 1.82) is 0 Å². The van der Waals surface area contributed by atoms with Crippen molar-refractivity contribution in [2.45, 2.75) is 25.9 Å². The molecule has 0 aromatic heterocycles. The third-order valence-corrected chi connectivity index (χ3v) is 3.71. The van der Waals surface area contributed by atoms with Crippen molar-refractivity contribution in [1.82, 2.24) is 5.06 Å². The van der Waals surface area contributed by atoms with Gasteiger partial charge in [-0.1, -0.05) is 30.3 Å². The highest BCUT2D eigenvalue weighted by Gasteiger charge is 2.29. The number of hydrogen-bond acceptors (Lipinski definition) is 5. The fourth-order valence-corrected chi connectivity index (χ4v) is 2.38. The van der Waals surface area contributed by atoms with Crippen LogP contribution < -0.4 is 0 Å². The molecule has 1 aromatic carbocycles. The lowest BCUT2D eigenvalue weighted by atomic mass is 9.91. The minimum atomic E-state index is -0.239. The molecule has 0 spiro atoms. The molecule has 114 valence electrons. The predicted molar refractivity (Wildman–Crippen MR) is 78.0 cm³/mol. The standard InChI is InChI=1S/C16H21NO4/c1-17(20-2)14-10-13(8-9-15(14)18)16(19)21-11-12-6-4-3-5-7-12/h3-7,13,18H,8-11H2,1-2H3. The summed E-state index contributed by atoms with van der Waals surface area (Å²) in [7, 11) is 3.24. The van der Waals surface area contributed by atoms with Gasteiger partial charge in [-0.2, -0.15) is 0 Å². The van der Waals surface area contributed by atoms with E-state index >= 15 is 0 Å². The molecule has 1 aliphatic carbocycles. The van der Waals surface area contributed by atoms with Gasteiger partial charge in [-0.05, 0) is 12.0 Å². The summed E-state index contributed by atoms with van der Waals surface area (Å²) in [6.45, 7) is 0.279. The Bertz CT molecular complexity index is 512. The first-order valence-corrected chi connectivity index (χ1v) is 7.01. The van der Waals surface area contributed by atoms with E-state index in [0.29, 0.717) is 25.0 Å². The summed E-state index contributed by atoms with van der Waals surface area (Å²) in [4.78, 5) is 17.2. The summed E-state index contributed by atoms with van der Waals surface area (Å²) in [5.41, 5.74) is 1.61. The van der Waals surface area contributed by atoms with Gasteiger partial charge in [-0.25, -0.2) is 0 Å². The van der Waals surface area contributed by atoms with Crippen LogP contribution in [0.15, 0.2) is 41.8 Å². The van der Waals surface area contributed by atoms with Crippen molar-refractivity contribution in [2.24, 2.45) is 5.92 Å². The van der Waals surface area contributed by atoms with E-state index in [1.807, 2.05) is 30.3 Å². The maximum atomic E-state index is 12.1. The van der Waals surface area contributed by atoms with Crippen molar-refractivity contribution >= 4 is 5.97 Å². The van der Waals surface area contributed by atoms with Gasteiger partial charge in [0.25, 0.3) is 0 Å². The molecule has 0 amide bonds. The van der Waals surface area contributed by atoms with Crippen LogP contribution in [0.2, 0.25) is 0 Å². The van der Waals surface area contributed by atoms with Crippen LogP contribution >= 0.6 is 0 Å². The van der Waals surface area contributed by atoms with Crippen LogP contribution in [0.3, 0.4) is 0 Å². The summed E-state index contributed by atoms with van der Waals surface area (Å²) in [5, 5.41) is 11.4. The number of hydrogen-bond donors (Lipinski definition) is 1. The van der Waals surface area contributed by atoms with Gasteiger partial charge in [0.15, 0.2) is 0 Å². The van der Waals surface area contributed by atoms with Crippen LogP contribution in [0.1, 0.15) is 24.8 Å². The Morgan fingerprint density at radius 3 is 2.76 bits per heavy atom. The van der Waals surface area contributed by atoms with Crippen molar-refractivity contribution in [3.63, 3.8) is 0 Å². The number of nitrogens with zero attached hydrogens (tertiary/aromatic N) is 1. The quantitative estimate of drug-likeness (QED) is 0.667. The fourth-order valence-electron chi connectivity index (χ4n) is 2.38. The van der Waals surface area contributed by atoms with E-state index < -0.39 is 0 Å². The lowest BCUT2D eigenvalue weighted by molar-refractivity contribution is -0.151. The zero-order chi connectivity index (χ0) is 15.2. The molecule has 0 fully saturated rings. The first kappa shape index (κ1) is 15.4. The Kier molecular flexibility index (Phi) is 5.22. The average Bonchev–Trinajstić information content (AvgIpc) is 2.53. The summed E-state index contributed by atoms with van der Waals surface area (Å²) < 4.78 is 5.36. The third kappa shape index (κ3) is 3.98. The predicted octanol–water partition coefficient (Wildman–Crippen LogP) is 2.79. The van der Waals surface area contributed by atoms with Crippen molar-refractivity contribution in [3.8, 4) is 0 Å². The molecule has 0 aliphatic heterocycles. The molecule has 0 heterocycles. The lowest BCUT2D eigenvalue weighted by Crippen LogP contribution is -2.28. The number of carbonyl (C=O) groups is 1. The van der Waals surface area contributed by atoms with Crippen LogP contribution in [0.5, 0.6) is 0 Å². The van der Waals surface area contributed by atoms with Gasteiger partial charge >= 0.3 is 5.97 Å². The molecule has 1 N–H and O–H groups in total. The fraction of sp³-hybridized carbons (Fsp3) is 0.438. The monoisotopic (exact) mass is 291 g/mol. The molecule has 1 unspecified atom stereocenters. The lowest BCUT2D eigenvalue weighted by Gasteiger charge is -2.28. The number of aliphatic hydroxyl groups is 1. The number of esters is 1. The number of benzene rings is 1. The smallest absolute Gasteiger partial charge is 0.309 e. The second kappa shape index (κ2) is 7.13. The van der Waals surface area contributed by atoms with Gasteiger partial charge in [0.1, 0.15) is 12.4 Å². The molecule has 0 radical (unpaired) electrons. The molecular weight excluding hydrogens is 270 g/mol. The van der Waals surface area contributed by atoms with Gasteiger partial charge < -0.3 is 9.84 Å². The Morgan fingerprint density at radius 2 is 2.10 bits per heavy atom. The zero-order valence-electron chi connectivity index (χ0n) is 12.4. The molecule has 0 saturated heterocycles. The summed E-state index contributed by atoms with van der Waals surface area (Å²) in [6, 6.07) is 9.59. The van der Waals surface area contributed by atoms with Crippen LogP contribution in [0.25, 0.3) is 0 Å². The molecule has 1 aliphatic rings. The van der Waals surface area contributed by atoms with E-state index in [2.05, 4.69) is 0 Å². The van der Waals surface area contributed by atoms with E-state index in [1.165, 1.54) is 12.2 Å². The SMILES string of the molecule is CON(C)C1=C(O)CCC(C(=O)OCc2ccccc2)C1. The number of ether oxygens (including phenoxy) is 1. The highest BCUT2D eigenvalue weighted by Crippen LogP contribution is 2.30. The third-order valence-electron chi connectivity index (χ3n) is 3.71. The highest BCUT2D eigenvalue weighted by molar-refractivity contribution is 5.73. The molecule has 21 heavy (non-hydrogen) atoms. The number of allylic oxidation sites excluding steroid dienone is 2. The molecule has 0 bridgehead atoms. The van der Waals surface area contributed by atoms with Crippen LogP contribution in [0, 0.1) is 5.92 Å². The number of hydroxylamine groups is 2. The van der Waals surface area contributed by atoms with Gasteiger partial charge in [0.2, 0.25) is 0 Å². The van der Waals surface area contributed by atoms with E-state index in [-0.39, 0.29) is 24.3 Å². The van der Waals surface area contributed by atoms with Crippen LogP contribution in [-0.4, -0.2) is 30.3 Å². The number of carbonyl (C=O) groups excluding carboxylic acids is 1. The van der Waals surface area contributed by atoms with Crippen LogP contribution in [0.4, 0.5) is 0 Å². The molecular formula is C16H21NO4. The van der Waals surface area contributed by atoms with Crippen molar-refractivity contribution in [3.05, 3.63) is 47.4 Å². The second-order valence-corrected chi connectivity index (χ2v) is 5.11. The summed E-state index contributed by atoms with van der Waals surface area (Å²) in [5.74, 6) is -0.183. The van der Waals surface area contributed by atoms with Gasteiger partial charge in [-0.15, -0.1) is 0 Å². The van der Waals surface area contributed by atoms with Gasteiger partial charge in [0, 0.05) is 19.9 Å². The first-order valence-electron chi connectivity index (χ1n) is 7.01. The van der Waals surface area contributed by atoms with E-state index in [1.54, 1.807) is 7.05 Å².